The number of hydrogen-bond donors (Lipinski definition) is 3. The third-order valence-electron chi connectivity index (χ3n) is 8.90. The van der Waals surface area contributed by atoms with E-state index in [0.29, 0.717) is 26.2 Å². The zero-order chi connectivity index (χ0) is 34.3. The highest BCUT2D eigenvalue weighted by Crippen LogP contribution is 2.40. The molecule has 12 nitrogen and oxygen atoms in total. The normalized spacial score (nSPS) is 21.5. The van der Waals surface area contributed by atoms with E-state index in [4.69, 9.17) is 4.74 Å². The van der Waals surface area contributed by atoms with Gasteiger partial charge in [-0.15, -0.1) is 11.3 Å². The largest absolute Gasteiger partial charge is 0.444 e. The van der Waals surface area contributed by atoms with Crippen molar-refractivity contribution in [1.82, 2.24) is 30.3 Å². The summed E-state index contributed by atoms with van der Waals surface area (Å²) in [4.78, 5) is 63.3. The van der Waals surface area contributed by atoms with Gasteiger partial charge in [-0.3, -0.25) is 19.3 Å². The number of carbonyl (C=O) groups is 4. The Labute approximate surface area is 280 Å². The molecule has 3 aliphatic heterocycles. The second kappa shape index (κ2) is 13.2. The molecule has 1 aromatic heterocycles. The van der Waals surface area contributed by atoms with Gasteiger partial charge >= 0.3 is 6.09 Å². The van der Waals surface area contributed by atoms with Gasteiger partial charge in [0.05, 0.1) is 28.7 Å². The van der Waals surface area contributed by atoms with Crippen molar-refractivity contribution in [3.05, 3.63) is 41.0 Å². The summed E-state index contributed by atoms with van der Waals surface area (Å²) in [6.45, 7) is 16.1. The van der Waals surface area contributed by atoms with E-state index in [-0.39, 0.29) is 55.3 Å². The number of benzene rings is 1. The molecule has 1 aromatic carbocycles. The minimum absolute atomic E-state index is 0.0189. The number of thiazole rings is 1. The molecule has 0 saturated carbocycles. The first-order valence-electron chi connectivity index (χ1n) is 16.2. The molecule has 256 valence electrons. The molecule has 0 aliphatic carbocycles. The molecule has 5 rings (SSSR count). The van der Waals surface area contributed by atoms with Gasteiger partial charge in [0.15, 0.2) is 0 Å². The van der Waals surface area contributed by atoms with Crippen LogP contribution in [0.5, 0.6) is 0 Å². The van der Waals surface area contributed by atoms with Crippen LogP contribution in [0.4, 0.5) is 4.79 Å². The van der Waals surface area contributed by atoms with E-state index in [1.54, 1.807) is 16.2 Å². The molecule has 2 aromatic rings. The van der Waals surface area contributed by atoms with Crippen molar-refractivity contribution in [3.63, 3.8) is 0 Å². The monoisotopic (exact) mass is 668 g/mol. The fourth-order valence-corrected chi connectivity index (χ4v) is 7.43. The van der Waals surface area contributed by atoms with Gasteiger partial charge in [-0.2, -0.15) is 0 Å². The molecular weight excluding hydrogens is 620 g/mol. The Hall–Kier alpha value is -3.55. The van der Waals surface area contributed by atoms with Gasteiger partial charge < -0.3 is 30.3 Å². The quantitative estimate of drug-likeness (QED) is 0.390. The summed E-state index contributed by atoms with van der Waals surface area (Å²) in [5, 5.41) is 16.4. The molecule has 0 bridgehead atoms. The molecule has 47 heavy (non-hydrogen) atoms. The predicted octanol–water partition coefficient (Wildman–Crippen LogP) is 2.78. The summed E-state index contributed by atoms with van der Waals surface area (Å²) in [5.74, 6) is -1.02. The number of aryl methyl sites for hydroxylation is 1. The van der Waals surface area contributed by atoms with E-state index < -0.39 is 29.2 Å². The van der Waals surface area contributed by atoms with Crippen LogP contribution < -0.4 is 10.6 Å². The van der Waals surface area contributed by atoms with E-state index in [9.17, 15) is 24.3 Å². The minimum Gasteiger partial charge on any atom is -0.444 e. The summed E-state index contributed by atoms with van der Waals surface area (Å²) in [6, 6.07) is 6.17. The lowest BCUT2D eigenvalue weighted by Crippen LogP contribution is -2.73. The van der Waals surface area contributed by atoms with Crippen LogP contribution in [0.15, 0.2) is 29.8 Å². The SMILES string of the molecule is Cc1ncsc1-c1ccc(CNC(=O)[C@@H]2C[C@@H](O)CN2C(=O)[C@@H](NC(=O)CN2CC3(C2)CN(C(=O)OC(C)(C)C)C3)C(C)(C)C)cc1. The summed E-state index contributed by atoms with van der Waals surface area (Å²) in [7, 11) is 0. The Morgan fingerprint density at radius 3 is 2.30 bits per heavy atom. The molecule has 4 amide bonds. The van der Waals surface area contributed by atoms with E-state index in [1.807, 2.05) is 83.1 Å². The van der Waals surface area contributed by atoms with Crippen LogP contribution in [0.25, 0.3) is 10.4 Å². The van der Waals surface area contributed by atoms with Gasteiger partial charge in [-0.05, 0) is 44.2 Å². The molecule has 3 atom stereocenters. The second-order valence-electron chi connectivity index (χ2n) is 15.4. The number of hydrogen-bond acceptors (Lipinski definition) is 9. The Balaban J connectivity index is 1.13. The highest BCUT2D eigenvalue weighted by molar-refractivity contribution is 7.13. The van der Waals surface area contributed by atoms with Crippen molar-refractivity contribution in [2.24, 2.45) is 10.8 Å². The Morgan fingerprint density at radius 1 is 1.06 bits per heavy atom. The van der Waals surface area contributed by atoms with Crippen LogP contribution in [0.3, 0.4) is 0 Å². The lowest BCUT2D eigenvalue weighted by atomic mass is 9.73. The standard InChI is InChI=1S/C34H48N6O6S/c1-21-27(47-20-36-21)23-10-8-22(9-11-23)13-35-29(43)25-12-24(41)14-40(25)30(44)28(32(2,3)4)37-26(42)15-38-16-34(17-38)18-39(19-34)31(45)46-33(5,6)7/h8-11,20,24-25,28,41H,12-19H2,1-7H3,(H,35,43)(H,37,42)/t24-,25+,28-/m1/s1. The van der Waals surface area contributed by atoms with Gasteiger partial charge in [-0.1, -0.05) is 45.0 Å². The molecular formula is C34H48N6O6S. The predicted molar refractivity (Wildman–Crippen MR) is 178 cm³/mol. The number of amides is 4. The number of aromatic nitrogens is 1. The number of nitrogens with zero attached hydrogens (tertiary/aromatic N) is 4. The zero-order valence-corrected chi connectivity index (χ0v) is 29.3. The Bertz CT molecular complexity index is 1480. The average Bonchev–Trinajstić information content (AvgIpc) is 3.54. The van der Waals surface area contributed by atoms with Crippen molar-refractivity contribution >= 4 is 35.2 Å². The molecule has 0 radical (unpaired) electrons. The van der Waals surface area contributed by atoms with Gasteiger partial charge in [0.25, 0.3) is 0 Å². The Kier molecular flexibility index (Phi) is 9.74. The van der Waals surface area contributed by atoms with Crippen molar-refractivity contribution in [3.8, 4) is 10.4 Å². The van der Waals surface area contributed by atoms with Crippen LogP contribution in [0, 0.1) is 17.8 Å². The second-order valence-corrected chi connectivity index (χ2v) is 16.3. The first-order valence-corrected chi connectivity index (χ1v) is 17.1. The third kappa shape index (κ3) is 8.13. The maximum absolute atomic E-state index is 13.9. The van der Waals surface area contributed by atoms with E-state index in [1.165, 1.54) is 4.90 Å². The number of carbonyl (C=O) groups excluding carboxylic acids is 4. The van der Waals surface area contributed by atoms with Crippen LogP contribution in [0.2, 0.25) is 0 Å². The zero-order valence-electron chi connectivity index (χ0n) is 28.5. The number of β-amino-alcohol motifs (C(OH)–C–C–N with tert-alkyl or cyclic N) is 1. The number of ether oxygens (including phenoxy) is 1. The number of likely N-dealkylation sites (tertiary alicyclic amines) is 3. The van der Waals surface area contributed by atoms with Crippen LogP contribution in [-0.2, 0) is 25.7 Å². The van der Waals surface area contributed by atoms with Crippen LogP contribution in [0.1, 0.15) is 59.2 Å². The third-order valence-corrected chi connectivity index (χ3v) is 9.88. The fourth-order valence-electron chi connectivity index (χ4n) is 6.62. The molecule has 3 N–H and O–H groups in total. The lowest BCUT2D eigenvalue weighted by Gasteiger charge is -2.59. The summed E-state index contributed by atoms with van der Waals surface area (Å²) < 4.78 is 5.45. The van der Waals surface area contributed by atoms with Crippen molar-refractivity contribution in [2.45, 2.75) is 85.2 Å². The van der Waals surface area contributed by atoms with Gasteiger partial charge in [0, 0.05) is 51.1 Å². The first-order chi connectivity index (χ1) is 21.9. The van der Waals surface area contributed by atoms with E-state index in [2.05, 4.69) is 15.6 Å². The number of rotatable bonds is 8. The van der Waals surface area contributed by atoms with Crippen molar-refractivity contribution in [1.29, 1.82) is 0 Å². The van der Waals surface area contributed by atoms with Crippen LogP contribution >= 0.6 is 11.3 Å². The molecule has 3 fully saturated rings. The minimum atomic E-state index is -0.889. The summed E-state index contributed by atoms with van der Waals surface area (Å²) in [5.41, 5.74) is 3.55. The van der Waals surface area contributed by atoms with Crippen molar-refractivity contribution < 1.29 is 29.0 Å². The fraction of sp³-hybridized carbons (Fsp3) is 0.618. The van der Waals surface area contributed by atoms with E-state index in [0.717, 1.165) is 21.7 Å². The van der Waals surface area contributed by atoms with Crippen molar-refractivity contribution in [2.75, 3.05) is 39.3 Å². The number of aliphatic hydroxyl groups excluding tert-OH is 1. The van der Waals surface area contributed by atoms with Gasteiger partial charge in [0.1, 0.15) is 17.7 Å². The maximum Gasteiger partial charge on any atom is 0.410 e. The molecule has 0 unspecified atom stereocenters. The van der Waals surface area contributed by atoms with Gasteiger partial charge in [-0.25, -0.2) is 9.78 Å². The molecule has 1 spiro atoms. The molecule has 13 heteroatoms. The average molecular weight is 669 g/mol. The molecule has 3 aliphatic rings. The molecule has 3 saturated heterocycles. The smallest absolute Gasteiger partial charge is 0.410 e. The van der Waals surface area contributed by atoms with Gasteiger partial charge in [0.2, 0.25) is 17.7 Å². The highest BCUT2D eigenvalue weighted by Gasteiger charge is 2.54. The number of nitrogens with one attached hydrogen (secondary N) is 2. The highest BCUT2D eigenvalue weighted by atomic mass is 32.1. The Morgan fingerprint density at radius 2 is 1.72 bits per heavy atom. The lowest BCUT2D eigenvalue weighted by molar-refractivity contribution is -0.146. The topological polar surface area (TPSA) is 144 Å². The number of aliphatic hydroxyl groups is 1. The van der Waals surface area contributed by atoms with E-state index >= 15 is 0 Å². The summed E-state index contributed by atoms with van der Waals surface area (Å²) in [6.07, 6.45) is -1.03. The summed E-state index contributed by atoms with van der Waals surface area (Å²) >= 11 is 1.58. The maximum atomic E-state index is 13.9. The van der Waals surface area contributed by atoms with Crippen LogP contribution in [-0.4, -0.2) is 112 Å². The molecule has 4 heterocycles. The first kappa shape index (κ1) is 34.8.